The number of fused-ring (bicyclic) bond motifs is 1. The Morgan fingerprint density at radius 1 is 1.35 bits per heavy atom. The number of nitrogen functional groups attached to an aromatic ring is 1. The lowest BCUT2D eigenvalue weighted by Crippen LogP contribution is -2.29. The summed E-state index contributed by atoms with van der Waals surface area (Å²) in [6.07, 6.45) is 7.03. The fourth-order valence-corrected chi connectivity index (χ4v) is 2.79. The first kappa shape index (κ1) is 10.4. The highest BCUT2D eigenvalue weighted by Crippen LogP contribution is 2.32. The molecule has 0 saturated heterocycles. The molecule has 1 saturated carbocycles. The van der Waals surface area contributed by atoms with Crippen LogP contribution in [0, 0.1) is 0 Å². The molecule has 1 heterocycles. The van der Waals surface area contributed by atoms with E-state index in [4.69, 9.17) is 5.73 Å². The molecule has 0 atom stereocenters. The molecule has 0 amide bonds. The minimum absolute atomic E-state index is 0.637. The van der Waals surface area contributed by atoms with Gasteiger partial charge in [-0.1, -0.05) is 12.8 Å². The molecule has 0 aliphatic heterocycles. The summed E-state index contributed by atoms with van der Waals surface area (Å²) in [4.78, 5) is 2.32. The number of rotatable bonds is 2. The van der Waals surface area contributed by atoms with Crippen LogP contribution in [-0.4, -0.2) is 23.3 Å². The van der Waals surface area contributed by atoms with Gasteiger partial charge in [0.15, 0.2) is 0 Å². The molecule has 0 spiro atoms. The topological polar surface area (TPSA) is 57.9 Å². The van der Waals surface area contributed by atoms with Gasteiger partial charge in [0.2, 0.25) is 0 Å². The zero-order chi connectivity index (χ0) is 11.8. The lowest BCUT2D eigenvalue weighted by atomic mass is 10.1. The fraction of sp³-hybridized carbons (Fsp3) is 0.462. The summed E-state index contributed by atoms with van der Waals surface area (Å²) in [6.45, 7) is 0. The second kappa shape index (κ2) is 3.95. The molecule has 1 fully saturated rings. The highest BCUT2D eigenvalue weighted by Gasteiger charge is 2.21. The highest BCUT2D eigenvalue weighted by molar-refractivity contribution is 5.88. The number of aromatic nitrogens is 2. The maximum Gasteiger partial charge on any atom is 0.0672 e. The molecular formula is C13H18N4. The Labute approximate surface area is 101 Å². The maximum absolute atomic E-state index is 6.13. The van der Waals surface area contributed by atoms with E-state index in [0.717, 1.165) is 22.3 Å². The van der Waals surface area contributed by atoms with Gasteiger partial charge in [0.1, 0.15) is 0 Å². The molecule has 1 aliphatic carbocycles. The number of aromatic amines is 1. The number of hydrogen-bond donors (Lipinski definition) is 2. The zero-order valence-corrected chi connectivity index (χ0v) is 10.1. The minimum Gasteiger partial charge on any atom is -0.397 e. The molecular weight excluding hydrogens is 212 g/mol. The predicted octanol–water partition coefficient (Wildman–Crippen LogP) is 2.52. The summed E-state index contributed by atoms with van der Waals surface area (Å²) in [5, 5.41) is 8.12. The van der Waals surface area contributed by atoms with Crippen molar-refractivity contribution in [2.75, 3.05) is 17.7 Å². The summed E-state index contributed by atoms with van der Waals surface area (Å²) in [5.41, 5.74) is 9.15. The molecule has 2 aromatic rings. The van der Waals surface area contributed by atoms with E-state index in [2.05, 4.69) is 28.2 Å². The van der Waals surface area contributed by atoms with Gasteiger partial charge in [0, 0.05) is 18.5 Å². The number of benzene rings is 1. The number of nitrogens with one attached hydrogen (secondary N) is 1. The van der Waals surface area contributed by atoms with Crippen molar-refractivity contribution in [3.63, 3.8) is 0 Å². The van der Waals surface area contributed by atoms with Gasteiger partial charge in [0.05, 0.1) is 23.1 Å². The number of hydrogen-bond acceptors (Lipinski definition) is 3. The van der Waals surface area contributed by atoms with Gasteiger partial charge in [-0.2, -0.15) is 5.10 Å². The van der Waals surface area contributed by atoms with Crippen molar-refractivity contribution in [3.05, 3.63) is 18.3 Å². The van der Waals surface area contributed by atoms with E-state index in [1.54, 1.807) is 0 Å². The second-order valence-electron chi connectivity index (χ2n) is 4.92. The van der Waals surface area contributed by atoms with Crippen molar-refractivity contribution in [2.24, 2.45) is 0 Å². The largest absolute Gasteiger partial charge is 0.397 e. The van der Waals surface area contributed by atoms with Gasteiger partial charge in [-0.25, -0.2) is 0 Å². The van der Waals surface area contributed by atoms with E-state index in [1.165, 1.54) is 25.7 Å². The average Bonchev–Trinajstić information content (AvgIpc) is 2.97. The summed E-state index contributed by atoms with van der Waals surface area (Å²) >= 11 is 0. The molecule has 4 heteroatoms. The Bertz CT molecular complexity index is 525. The van der Waals surface area contributed by atoms with Gasteiger partial charge < -0.3 is 10.6 Å². The van der Waals surface area contributed by atoms with Crippen molar-refractivity contribution in [1.82, 2.24) is 10.2 Å². The Morgan fingerprint density at radius 3 is 2.88 bits per heavy atom. The third-order valence-corrected chi connectivity index (χ3v) is 3.84. The Morgan fingerprint density at radius 2 is 2.12 bits per heavy atom. The van der Waals surface area contributed by atoms with Crippen molar-refractivity contribution in [2.45, 2.75) is 31.7 Å². The van der Waals surface area contributed by atoms with E-state index in [9.17, 15) is 0 Å². The fourth-order valence-electron chi connectivity index (χ4n) is 2.79. The number of H-pyrrole nitrogens is 1. The SMILES string of the molecule is CN(c1cc2[nH]ncc2cc1N)C1CCCC1. The summed E-state index contributed by atoms with van der Waals surface area (Å²) < 4.78 is 0. The number of nitrogens with zero attached hydrogens (tertiary/aromatic N) is 2. The van der Waals surface area contributed by atoms with Crippen molar-refractivity contribution < 1.29 is 0 Å². The van der Waals surface area contributed by atoms with Crippen LogP contribution in [0.25, 0.3) is 10.9 Å². The van der Waals surface area contributed by atoms with Crippen LogP contribution in [0.2, 0.25) is 0 Å². The van der Waals surface area contributed by atoms with E-state index in [-0.39, 0.29) is 0 Å². The van der Waals surface area contributed by atoms with Crippen molar-refractivity contribution in [3.8, 4) is 0 Å². The minimum atomic E-state index is 0.637. The molecule has 0 radical (unpaired) electrons. The predicted molar refractivity (Wildman–Crippen MR) is 71.2 cm³/mol. The third kappa shape index (κ3) is 1.73. The van der Waals surface area contributed by atoms with E-state index in [0.29, 0.717) is 6.04 Å². The average molecular weight is 230 g/mol. The van der Waals surface area contributed by atoms with Gasteiger partial charge >= 0.3 is 0 Å². The zero-order valence-electron chi connectivity index (χ0n) is 10.1. The van der Waals surface area contributed by atoms with Crippen LogP contribution in [0.5, 0.6) is 0 Å². The van der Waals surface area contributed by atoms with E-state index in [1.807, 2.05) is 12.3 Å². The lowest BCUT2D eigenvalue weighted by molar-refractivity contribution is 0.654. The summed E-state index contributed by atoms with van der Waals surface area (Å²) in [7, 11) is 2.14. The standard InChI is InChI=1S/C13H18N4/c1-17(10-4-2-3-5-10)13-7-12-9(6-11(13)14)8-15-16-12/h6-8,10H,2-5,14H2,1H3,(H,15,16). The first-order valence-corrected chi connectivity index (χ1v) is 6.21. The molecule has 0 unspecified atom stereocenters. The molecule has 0 bridgehead atoms. The Hall–Kier alpha value is -1.71. The van der Waals surface area contributed by atoms with Crippen LogP contribution in [0.15, 0.2) is 18.3 Å². The summed E-state index contributed by atoms with van der Waals surface area (Å²) in [5.74, 6) is 0. The van der Waals surface area contributed by atoms with Crippen LogP contribution >= 0.6 is 0 Å². The number of nitrogens with two attached hydrogens (primary N) is 1. The Balaban J connectivity index is 2.00. The first-order valence-electron chi connectivity index (χ1n) is 6.21. The molecule has 90 valence electrons. The van der Waals surface area contributed by atoms with E-state index >= 15 is 0 Å². The molecule has 1 aromatic carbocycles. The van der Waals surface area contributed by atoms with Gasteiger partial charge in [-0.3, -0.25) is 5.10 Å². The third-order valence-electron chi connectivity index (χ3n) is 3.84. The van der Waals surface area contributed by atoms with Gasteiger partial charge in [-0.05, 0) is 25.0 Å². The Kier molecular flexibility index (Phi) is 2.42. The van der Waals surface area contributed by atoms with Crippen molar-refractivity contribution >= 4 is 22.3 Å². The maximum atomic E-state index is 6.13. The molecule has 17 heavy (non-hydrogen) atoms. The van der Waals surface area contributed by atoms with Gasteiger partial charge in [-0.15, -0.1) is 0 Å². The normalized spacial score (nSPS) is 16.8. The second-order valence-corrected chi connectivity index (χ2v) is 4.92. The van der Waals surface area contributed by atoms with Crippen LogP contribution < -0.4 is 10.6 Å². The van der Waals surface area contributed by atoms with Crippen LogP contribution in [-0.2, 0) is 0 Å². The molecule has 3 rings (SSSR count). The van der Waals surface area contributed by atoms with Crippen LogP contribution in [0.3, 0.4) is 0 Å². The van der Waals surface area contributed by atoms with Crippen molar-refractivity contribution in [1.29, 1.82) is 0 Å². The van der Waals surface area contributed by atoms with Crippen LogP contribution in [0.4, 0.5) is 11.4 Å². The van der Waals surface area contributed by atoms with Crippen LogP contribution in [0.1, 0.15) is 25.7 Å². The summed E-state index contributed by atoms with van der Waals surface area (Å²) in [6, 6.07) is 4.74. The molecule has 1 aromatic heterocycles. The lowest BCUT2D eigenvalue weighted by Gasteiger charge is -2.27. The smallest absolute Gasteiger partial charge is 0.0672 e. The van der Waals surface area contributed by atoms with Gasteiger partial charge in [0.25, 0.3) is 0 Å². The van der Waals surface area contributed by atoms with E-state index < -0.39 is 0 Å². The monoisotopic (exact) mass is 230 g/mol. The number of anilines is 2. The molecule has 1 aliphatic rings. The highest BCUT2D eigenvalue weighted by atomic mass is 15.2. The molecule has 4 nitrogen and oxygen atoms in total. The first-order chi connectivity index (χ1) is 8.25. The quantitative estimate of drug-likeness (QED) is 0.779. The molecule has 3 N–H and O–H groups in total.